The molecular formula is C13H20N2OS. The lowest BCUT2D eigenvalue weighted by Crippen LogP contribution is -2.42. The lowest BCUT2D eigenvalue weighted by Gasteiger charge is -2.33. The minimum atomic E-state index is 0.186. The van der Waals surface area contributed by atoms with E-state index >= 15 is 0 Å². The second-order valence-corrected chi connectivity index (χ2v) is 6.19. The standard InChI is InChI=1S/C13H20N2OS/c1-9-3-4-12(17-9)13(16)15-7-5-11(6-8-15)10(2)14/h3-4,10-11H,5-8,14H2,1-2H3. The maximum Gasteiger partial charge on any atom is 0.263 e. The first-order valence-electron chi connectivity index (χ1n) is 6.19. The lowest BCUT2D eigenvalue weighted by atomic mass is 9.91. The molecule has 4 heteroatoms. The number of rotatable bonds is 2. The predicted molar refractivity (Wildman–Crippen MR) is 71.3 cm³/mol. The zero-order valence-electron chi connectivity index (χ0n) is 10.5. The van der Waals surface area contributed by atoms with Gasteiger partial charge in [-0.2, -0.15) is 0 Å². The van der Waals surface area contributed by atoms with Gasteiger partial charge in [0.2, 0.25) is 0 Å². The number of nitrogens with two attached hydrogens (primary N) is 1. The Morgan fingerprint density at radius 2 is 2.12 bits per heavy atom. The van der Waals surface area contributed by atoms with Crippen LogP contribution in [0.15, 0.2) is 12.1 Å². The molecule has 0 aliphatic carbocycles. The Morgan fingerprint density at radius 1 is 1.47 bits per heavy atom. The zero-order chi connectivity index (χ0) is 12.4. The smallest absolute Gasteiger partial charge is 0.263 e. The van der Waals surface area contributed by atoms with Crippen LogP contribution in [0.4, 0.5) is 0 Å². The zero-order valence-corrected chi connectivity index (χ0v) is 11.3. The third-order valence-corrected chi connectivity index (χ3v) is 4.51. The molecular weight excluding hydrogens is 232 g/mol. The Labute approximate surface area is 107 Å². The molecule has 0 radical (unpaired) electrons. The maximum atomic E-state index is 12.2. The van der Waals surface area contributed by atoms with Gasteiger partial charge < -0.3 is 10.6 Å². The maximum absolute atomic E-state index is 12.2. The van der Waals surface area contributed by atoms with E-state index in [0.717, 1.165) is 30.8 Å². The van der Waals surface area contributed by atoms with E-state index in [1.165, 1.54) is 4.88 Å². The molecule has 94 valence electrons. The highest BCUT2D eigenvalue weighted by Gasteiger charge is 2.25. The largest absolute Gasteiger partial charge is 0.338 e. The van der Waals surface area contributed by atoms with Gasteiger partial charge in [-0.25, -0.2) is 0 Å². The number of carbonyl (C=O) groups is 1. The molecule has 0 aromatic carbocycles. The summed E-state index contributed by atoms with van der Waals surface area (Å²) >= 11 is 1.58. The third kappa shape index (κ3) is 2.87. The van der Waals surface area contributed by atoms with Crippen molar-refractivity contribution in [2.24, 2.45) is 11.7 Å². The molecule has 17 heavy (non-hydrogen) atoms. The van der Waals surface area contributed by atoms with Crippen LogP contribution in [0.1, 0.15) is 34.3 Å². The van der Waals surface area contributed by atoms with Crippen molar-refractivity contribution in [3.8, 4) is 0 Å². The van der Waals surface area contributed by atoms with Crippen LogP contribution in [-0.2, 0) is 0 Å². The summed E-state index contributed by atoms with van der Waals surface area (Å²) in [5, 5.41) is 0. The Hall–Kier alpha value is -0.870. The van der Waals surface area contributed by atoms with Gasteiger partial charge in [-0.3, -0.25) is 4.79 Å². The molecule has 0 bridgehead atoms. The van der Waals surface area contributed by atoms with Crippen LogP contribution in [-0.4, -0.2) is 29.9 Å². The highest BCUT2D eigenvalue weighted by Crippen LogP contribution is 2.23. The molecule has 0 spiro atoms. The first kappa shape index (κ1) is 12.6. The molecule has 1 fully saturated rings. The Kier molecular flexibility index (Phi) is 3.84. The second kappa shape index (κ2) is 5.19. The van der Waals surface area contributed by atoms with E-state index in [1.54, 1.807) is 11.3 Å². The van der Waals surface area contributed by atoms with Crippen LogP contribution in [0.5, 0.6) is 0 Å². The van der Waals surface area contributed by atoms with Gasteiger partial charge in [0.25, 0.3) is 5.91 Å². The Bertz CT molecular complexity index is 392. The van der Waals surface area contributed by atoms with Crippen LogP contribution in [0.3, 0.4) is 0 Å². The van der Waals surface area contributed by atoms with E-state index in [1.807, 2.05) is 24.0 Å². The molecule has 0 saturated carbocycles. The highest BCUT2D eigenvalue weighted by molar-refractivity contribution is 7.13. The minimum absolute atomic E-state index is 0.186. The van der Waals surface area contributed by atoms with Crippen LogP contribution in [0, 0.1) is 12.8 Å². The molecule has 1 amide bonds. The number of thiophene rings is 1. The van der Waals surface area contributed by atoms with Gasteiger partial charge in [0.05, 0.1) is 4.88 Å². The summed E-state index contributed by atoms with van der Waals surface area (Å²) in [6, 6.07) is 4.18. The van der Waals surface area contributed by atoms with E-state index < -0.39 is 0 Å². The van der Waals surface area contributed by atoms with E-state index in [2.05, 4.69) is 6.92 Å². The number of amides is 1. The quantitative estimate of drug-likeness (QED) is 0.877. The van der Waals surface area contributed by atoms with Crippen molar-refractivity contribution in [3.05, 3.63) is 21.9 Å². The lowest BCUT2D eigenvalue weighted by molar-refractivity contribution is 0.0686. The van der Waals surface area contributed by atoms with Gasteiger partial charge in [0.1, 0.15) is 0 Å². The number of carbonyl (C=O) groups excluding carboxylic acids is 1. The number of hydrogen-bond acceptors (Lipinski definition) is 3. The van der Waals surface area contributed by atoms with Crippen molar-refractivity contribution in [3.63, 3.8) is 0 Å². The van der Waals surface area contributed by atoms with Crippen molar-refractivity contribution in [2.45, 2.75) is 32.7 Å². The average Bonchev–Trinajstić information content (AvgIpc) is 2.75. The van der Waals surface area contributed by atoms with Crippen LogP contribution in [0.25, 0.3) is 0 Å². The highest BCUT2D eigenvalue weighted by atomic mass is 32.1. The summed E-state index contributed by atoms with van der Waals surface area (Å²) in [7, 11) is 0. The monoisotopic (exact) mass is 252 g/mol. The summed E-state index contributed by atoms with van der Waals surface area (Å²) in [6.07, 6.45) is 2.07. The Balaban J connectivity index is 1.95. The van der Waals surface area contributed by atoms with Crippen molar-refractivity contribution < 1.29 is 4.79 Å². The fourth-order valence-electron chi connectivity index (χ4n) is 2.33. The molecule has 2 rings (SSSR count). The van der Waals surface area contributed by atoms with E-state index in [-0.39, 0.29) is 11.9 Å². The molecule has 1 atom stereocenters. The molecule has 1 unspecified atom stereocenters. The van der Waals surface area contributed by atoms with Crippen LogP contribution < -0.4 is 5.73 Å². The number of hydrogen-bond donors (Lipinski definition) is 1. The summed E-state index contributed by atoms with van der Waals surface area (Å²) < 4.78 is 0. The molecule has 1 aliphatic rings. The summed E-state index contributed by atoms with van der Waals surface area (Å²) in [4.78, 5) is 16.2. The predicted octanol–water partition coefficient (Wildman–Crippen LogP) is 2.26. The fourth-order valence-corrected chi connectivity index (χ4v) is 3.17. The van der Waals surface area contributed by atoms with Gasteiger partial charge in [-0.1, -0.05) is 0 Å². The van der Waals surface area contributed by atoms with Crippen molar-refractivity contribution in [1.29, 1.82) is 0 Å². The molecule has 1 aromatic heterocycles. The van der Waals surface area contributed by atoms with Gasteiger partial charge >= 0.3 is 0 Å². The van der Waals surface area contributed by atoms with Gasteiger partial charge in [0.15, 0.2) is 0 Å². The number of likely N-dealkylation sites (tertiary alicyclic amines) is 1. The summed E-state index contributed by atoms with van der Waals surface area (Å²) in [5.74, 6) is 0.760. The first-order valence-corrected chi connectivity index (χ1v) is 7.01. The summed E-state index contributed by atoms with van der Waals surface area (Å²) in [5.41, 5.74) is 5.90. The van der Waals surface area contributed by atoms with Crippen molar-refractivity contribution >= 4 is 17.2 Å². The molecule has 1 aromatic rings. The van der Waals surface area contributed by atoms with Crippen molar-refractivity contribution in [2.75, 3.05) is 13.1 Å². The van der Waals surface area contributed by atoms with E-state index in [0.29, 0.717) is 5.92 Å². The van der Waals surface area contributed by atoms with Crippen LogP contribution in [0.2, 0.25) is 0 Å². The van der Waals surface area contributed by atoms with Gasteiger partial charge in [0, 0.05) is 24.0 Å². The van der Waals surface area contributed by atoms with E-state index in [4.69, 9.17) is 5.73 Å². The molecule has 1 saturated heterocycles. The summed E-state index contributed by atoms with van der Waals surface area (Å²) in [6.45, 7) is 5.79. The molecule has 2 heterocycles. The third-order valence-electron chi connectivity index (χ3n) is 3.52. The van der Waals surface area contributed by atoms with Gasteiger partial charge in [-0.15, -0.1) is 11.3 Å². The SMILES string of the molecule is Cc1ccc(C(=O)N2CCC(C(C)N)CC2)s1. The minimum Gasteiger partial charge on any atom is -0.338 e. The molecule has 2 N–H and O–H groups in total. The molecule has 1 aliphatic heterocycles. The van der Waals surface area contributed by atoms with Crippen LogP contribution >= 0.6 is 11.3 Å². The second-order valence-electron chi connectivity index (χ2n) is 4.90. The topological polar surface area (TPSA) is 46.3 Å². The normalized spacial score (nSPS) is 19.4. The van der Waals surface area contributed by atoms with E-state index in [9.17, 15) is 4.79 Å². The average molecular weight is 252 g/mol. The number of piperidine rings is 1. The number of nitrogens with zero attached hydrogens (tertiary/aromatic N) is 1. The fraction of sp³-hybridized carbons (Fsp3) is 0.615. The number of aryl methyl sites for hydroxylation is 1. The van der Waals surface area contributed by atoms with Crippen molar-refractivity contribution in [1.82, 2.24) is 4.90 Å². The van der Waals surface area contributed by atoms with Gasteiger partial charge in [-0.05, 0) is 44.7 Å². The first-order chi connectivity index (χ1) is 8.08. The Morgan fingerprint density at radius 3 is 2.59 bits per heavy atom. The molecule has 3 nitrogen and oxygen atoms in total.